The smallest absolute Gasteiger partial charge is 0.435 e. The van der Waals surface area contributed by atoms with Gasteiger partial charge in [0.25, 0.3) is 0 Å². The first-order valence-corrected chi connectivity index (χ1v) is 5.42. The van der Waals surface area contributed by atoms with Crippen LogP contribution >= 0.6 is 0 Å². The van der Waals surface area contributed by atoms with Crippen molar-refractivity contribution in [2.75, 3.05) is 20.1 Å². The van der Waals surface area contributed by atoms with Crippen LogP contribution in [0.2, 0.25) is 0 Å². The fraction of sp³-hybridized carbons (Fsp3) is 0.700. The molecule has 0 saturated carbocycles. The quantitative estimate of drug-likeness (QED) is 0.826. The van der Waals surface area contributed by atoms with Crippen molar-refractivity contribution in [2.45, 2.75) is 25.1 Å². The van der Waals surface area contributed by atoms with Gasteiger partial charge in [-0.15, -0.1) is 0 Å². The Balaban J connectivity index is 2.19. The number of likely N-dealkylation sites (tertiary alicyclic amines) is 1. The van der Waals surface area contributed by atoms with Crippen molar-refractivity contribution in [3.63, 3.8) is 0 Å². The summed E-state index contributed by atoms with van der Waals surface area (Å²) in [7, 11) is 1.96. The van der Waals surface area contributed by atoms with Gasteiger partial charge in [-0.1, -0.05) is 0 Å². The van der Waals surface area contributed by atoms with E-state index < -0.39 is 17.8 Å². The predicted octanol–water partition coefficient (Wildman–Crippen LogP) is 1.87. The first-order valence-electron chi connectivity index (χ1n) is 5.42. The molecule has 1 fully saturated rings. The molecule has 0 amide bonds. The fourth-order valence-corrected chi connectivity index (χ4v) is 2.03. The molecular weight excluding hydrogens is 235 g/mol. The molecule has 7 heteroatoms. The van der Waals surface area contributed by atoms with Gasteiger partial charge in [0.15, 0.2) is 5.69 Å². The van der Waals surface area contributed by atoms with Gasteiger partial charge in [0.05, 0.1) is 6.04 Å². The highest BCUT2D eigenvalue weighted by Gasteiger charge is 2.36. The van der Waals surface area contributed by atoms with Crippen LogP contribution in [0.25, 0.3) is 0 Å². The molecule has 0 radical (unpaired) electrons. The summed E-state index contributed by atoms with van der Waals surface area (Å²) in [6.07, 6.45) is -3.11. The summed E-state index contributed by atoms with van der Waals surface area (Å²) < 4.78 is 38.3. The lowest BCUT2D eigenvalue weighted by atomic mass is 10.1. The van der Waals surface area contributed by atoms with E-state index in [1.54, 1.807) is 0 Å². The van der Waals surface area contributed by atoms with E-state index >= 15 is 0 Å². The standard InChI is InChI=1S/C10H14F3N3O/c1-15-4-2-7(3-5-15)16-9(17)6-8(14-16)10(11,12)13/h6-7,17H,2-5H2,1H3. The molecule has 1 aliphatic rings. The van der Waals surface area contributed by atoms with Crippen LogP contribution in [0.3, 0.4) is 0 Å². The molecule has 4 nitrogen and oxygen atoms in total. The monoisotopic (exact) mass is 249 g/mol. The second-order valence-corrected chi connectivity index (χ2v) is 4.36. The van der Waals surface area contributed by atoms with Gasteiger partial charge in [-0.2, -0.15) is 18.3 Å². The van der Waals surface area contributed by atoms with Crippen LogP contribution in [0, 0.1) is 0 Å². The number of piperidine rings is 1. The maximum atomic E-state index is 12.4. The molecule has 0 atom stereocenters. The van der Waals surface area contributed by atoms with Crippen molar-refractivity contribution in [1.29, 1.82) is 0 Å². The predicted molar refractivity (Wildman–Crippen MR) is 54.7 cm³/mol. The van der Waals surface area contributed by atoms with Crippen LogP contribution in [-0.2, 0) is 6.18 Å². The highest BCUT2D eigenvalue weighted by atomic mass is 19.4. The number of hydrogen-bond acceptors (Lipinski definition) is 3. The second-order valence-electron chi connectivity index (χ2n) is 4.36. The highest BCUT2D eigenvalue weighted by molar-refractivity contribution is 5.17. The molecule has 0 spiro atoms. The second kappa shape index (κ2) is 4.21. The van der Waals surface area contributed by atoms with Crippen molar-refractivity contribution in [3.05, 3.63) is 11.8 Å². The zero-order valence-electron chi connectivity index (χ0n) is 9.41. The van der Waals surface area contributed by atoms with Gasteiger partial charge in [-0.3, -0.25) is 0 Å². The summed E-state index contributed by atoms with van der Waals surface area (Å²) in [5.74, 6) is -0.410. The van der Waals surface area contributed by atoms with Crippen molar-refractivity contribution in [3.8, 4) is 5.88 Å². The number of aromatic nitrogens is 2. The summed E-state index contributed by atoms with van der Waals surface area (Å²) in [6.45, 7) is 1.59. The van der Waals surface area contributed by atoms with E-state index in [4.69, 9.17) is 0 Å². The van der Waals surface area contributed by atoms with Crippen molar-refractivity contribution >= 4 is 0 Å². The minimum Gasteiger partial charge on any atom is -0.493 e. The Morgan fingerprint density at radius 1 is 1.35 bits per heavy atom. The van der Waals surface area contributed by atoms with Crippen molar-refractivity contribution in [1.82, 2.24) is 14.7 Å². The van der Waals surface area contributed by atoms with E-state index in [0.717, 1.165) is 17.8 Å². The number of nitrogens with zero attached hydrogens (tertiary/aromatic N) is 3. The lowest BCUT2D eigenvalue weighted by Crippen LogP contribution is -2.31. The van der Waals surface area contributed by atoms with Crippen LogP contribution in [0.5, 0.6) is 5.88 Å². The summed E-state index contributed by atoms with van der Waals surface area (Å²) in [6, 6.07) is 0.528. The maximum absolute atomic E-state index is 12.4. The zero-order chi connectivity index (χ0) is 12.6. The minimum absolute atomic E-state index is 0.151. The molecule has 1 aliphatic heterocycles. The Kier molecular flexibility index (Phi) is 3.03. The lowest BCUT2D eigenvalue weighted by molar-refractivity contribution is -0.141. The molecule has 1 aromatic rings. The van der Waals surface area contributed by atoms with Gasteiger partial charge >= 0.3 is 6.18 Å². The molecular formula is C10H14F3N3O. The molecule has 0 unspecified atom stereocenters. The van der Waals surface area contributed by atoms with E-state index in [1.165, 1.54) is 0 Å². The van der Waals surface area contributed by atoms with Crippen LogP contribution in [0.4, 0.5) is 13.2 Å². The molecule has 0 bridgehead atoms. The summed E-state index contributed by atoms with van der Waals surface area (Å²) >= 11 is 0. The van der Waals surface area contributed by atoms with E-state index in [1.807, 2.05) is 7.05 Å². The third kappa shape index (κ3) is 2.54. The average Bonchev–Trinajstić information content (AvgIpc) is 2.61. The lowest BCUT2D eigenvalue weighted by Gasteiger charge is -2.29. The van der Waals surface area contributed by atoms with Gasteiger partial charge in [0.2, 0.25) is 5.88 Å². The van der Waals surface area contributed by atoms with Crippen molar-refractivity contribution < 1.29 is 18.3 Å². The first kappa shape index (κ1) is 12.2. The molecule has 1 aromatic heterocycles. The van der Waals surface area contributed by atoms with Gasteiger partial charge < -0.3 is 10.0 Å². The van der Waals surface area contributed by atoms with Gasteiger partial charge in [0.1, 0.15) is 0 Å². The molecule has 17 heavy (non-hydrogen) atoms. The fourth-order valence-electron chi connectivity index (χ4n) is 2.03. The summed E-state index contributed by atoms with van der Waals surface area (Å²) in [4.78, 5) is 2.10. The number of hydrogen-bond donors (Lipinski definition) is 1. The topological polar surface area (TPSA) is 41.3 Å². The molecule has 0 aromatic carbocycles. The van der Waals surface area contributed by atoms with Gasteiger partial charge in [0, 0.05) is 6.07 Å². The number of alkyl halides is 3. The Morgan fingerprint density at radius 2 is 1.94 bits per heavy atom. The zero-order valence-corrected chi connectivity index (χ0v) is 9.41. The Bertz CT molecular complexity index is 394. The molecule has 1 N–H and O–H groups in total. The largest absolute Gasteiger partial charge is 0.493 e. The van der Waals surface area contributed by atoms with Crippen LogP contribution < -0.4 is 0 Å². The maximum Gasteiger partial charge on any atom is 0.435 e. The van der Waals surface area contributed by atoms with Crippen LogP contribution in [0.15, 0.2) is 6.07 Å². The first-order chi connectivity index (χ1) is 7.88. The van der Waals surface area contributed by atoms with E-state index in [0.29, 0.717) is 18.9 Å². The summed E-state index contributed by atoms with van der Waals surface area (Å²) in [5.41, 5.74) is -1.03. The van der Waals surface area contributed by atoms with E-state index in [2.05, 4.69) is 10.00 Å². The number of rotatable bonds is 1. The highest BCUT2D eigenvalue weighted by Crippen LogP contribution is 2.33. The Labute approximate surface area is 96.6 Å². The minimum atomic E-state index is -4.51. The van der Waals surface area contributed by atoms with Crippen LogP contribution in [0.1, 0.15) is 24.6 Å². The third-order valence-corrected chi connectivity index (χ3v) is 3.04. The van der Waals surface area contributed by atoms with Crippen molar-refractivity contribution in [2.24, 2.45) is 0 Å². The Morgan fingerprint density at radius 3 is 2.41 bits per heavy atom. The van der Waals surface area contributed by atoms with Gasteiger partial charge in [-0.05, 0) is 33.0 Å². The van der Waals surface area contributed by atoms with E-state index in [9.17, 15) is 18.3 Å². The number of aromatic hydroxyl groups is 1. The molecule has 1 saturated heterocycles. The molecule has 2 rings (SSSR count). The number of halogens is 3. The molecule has 0 aliphatic carbocycles. The Hall–Kier alpha value is -1.24. The summed E-state index contributed by atoms with van der Waals surface area (Å²) in [5, 5.41) is 13.0. The van der Waals surface area contributed by atoms with Gasteiger partial charge in [-0.25, -0.2) is 4.68 Å². The average molecular weight is 249 g/mol. The van der Waals surface area contributed by atoms with E-state index in [-0.39, 0.29) is 6.04 Å². The SMILES string of the molecule is CN1CCC(n2nc(C(F)(F)F)cc2O)CC1. The van der Waals surface area contributed by atoms with Crippen LogP contribution in [-0.4, -0.2) is 39.9 Å². The normalized spacial score (nSPS) is 19.8. The third-order valence-electron chi connectivity index (χ3n) is 3.04. The molecule has 96 valence electrons. The molecule has 2 heterocycles.